The van der Waals surface area contributed by atoms with E-state index in [1.165, 1.54) is 0 Å². The van der Waals surface area contributed by atoms with Gasteiger partial charge in [-0.05, 0) is 58.1 Å². The number of pyridine rings is 1. The summed E-state index contributed by atoms with van der Waals surface area (Å²) < 4.78 is 0. The Morgan fingerprint density at radius 2 is 1.73 bits per heavy atom. The third-order valence-electron chi connectivity index (χ3n) is 4.94. The number of aromatic nitrogens is 3. The molecule has 0 amide bonds. The first-order chi connectivity index (χ1) is 14.2. The second-order valence-corrected chi connectivity index (χ2v) is 7.66. The number of hydrogen-bond acceptors (Lipinski definition) is 5. The van der Waals surface area contributed by atoms with E-state index in [0.717, 1.165) is 53.4 Å². The lowest BCUT2D eigenvalue weighted by Crippen LogP contribution is -2.21. The summed E-state index contributed by atoms with van der Waals surface area (Å²) in [6.07, 6.45) is 7.40. The first-order valence-corrected chi connectivity index (χ1v) is 10.8. The molecule has 0 aliphatic carbocycles. The molecule has 0 atom stereocenters. The maximum Gasteiger partial charge on any atom is 0.154 e. The smallest absolute Gasteiger partial charge is 0.154 e. The van der Waals surface area contributed by atoms with E-state index in [4.69, 9.17) is 20.4 Å². The van der Waals surface area contributed by atoms with Crippen molar-refractivity contribution in [3.05, 3.63) is 34.9 Å². The second kappa shape index (κ2) is 12.1. The molecule has 0 saturated heterocycles. The van der Waals surface area contributed by atoms with Crippen LogP contribution in [0.3, 0.4) is 0 Å². The second-order valence-electron chi connectivity index (χ2n) is 7.66. The van der Waals surface area contributed by atoms with Gasteiger partial charge in [-0.25, -0.2) is 9.97 Å². The molecule has 0 bridgehead atoms. The Morgan fingerprint density at radius 1 is 1.13 bits per heavy atom. The molecule has 2 aromatic heterocycles. The Hall–Kier alpha value is -2.74. The maximum absolute atomic E-state index is 8.21. The zero-order chi connectivity index (χ0) is 22.8. The van der Waals surface area contributed by atoms with Crippen LogP contribution in [0.25, 0.3) is 11.3 Å². The fourth-order valence-electron chi connectivity index (χ4n) is 3.13. The van der Waals surface area contributed by atoms with Crippen molar-refractivity contribution in [2.45, 2.75) is 86.6 Å². The average Bonchev–Trinajstić information content (AvgIpc) is 2.71. The van der Waals surface area contributed by atoms with Crippen LogP contribution in [-0.4, -0.2) is 26.7 Å². The largest absolute Gasteiger partial charge is 0.366 e. The van der Waals surface area contributed by atoms with E-state index in [1.807, 2.05) is 6.92 Å². The van der Waals surface area contributed by atoms with Crippen LogP contribution in [0.4, 0.5) is 5.82 Å². The molecule has 0 aliphatic rings. The van der Waals surface area contributed by atoms with Gasteiger partial charge in [-0.15, -0.1) is 12.3 Å². The SMILES string of the molecule is C#CC.CCc1nc(NC(CC)CC)c(C(C)=N)nc1-c1ccc(C(C)C)nc1C. The van der Waals surface area contributed by atoms with Crippen molar-refractivity contribution in [3.63, 3.8) is 0 Å². The molecular formula is C25H37N5. The fourth-order valence-corrected chi connectivity index (χ4v) is 3.13. The van der Waals surface area contributed by atoms with Gasteiger partial charge in [0.15, 0.2) is 5.82 Å². The summed E-state index contributed by atoms with van der Waals surface area (Å²) in [5.74, 6) is 3.36. The van der Waals surface area contributed by atoms with Crippen LogP contribution < -0.4 is 5.32 Å². The molecule has 5 heteroatoms. The van der Waals surface area contributed by atoms with E-state index < -0.39 is 0 Å². The Bertz CT molecular complexity index is 889. The molecule has 162 valence electrons. The van der Waals surface area contributed by atoms with Gasteiger partial charge in [-0.3, -0.25) is 4.98 Å². The van der Waals surface area contributed by atoms with E-state index in [9.17, 15) is 0 Å². The van der Waals surface area contributed by atoms with Gasteiger partial charge in [0.25, 0.3) is 0 Å². The number of rotatable bonds is 8. The molecule has 0 aliphatic heterocycles. The molecule has 2 aromatic rings. The van der Waals surface area contributed by atoms with E-state index >= 15 is 0 Å². The number of aryl methyl sites for hydroxylation is 2. The van der Waals surface area contributed by atoms with Crippen molar-refractivity contribution in [1.82, 2.24) is 15.0 Å². The van der Waals surface area contributed by atoms with Gasteiger partial charge in [0.2, 0.25) is 0 Å². The summed E-state index contributed by atoms with van der Waals surface area (Å²) in [5.41, 5.74) is 5.87. The van der Waals surface area contributed by atoms with Crippen molar-refractivity contribution >= 4 is 11.5 Å². The number of nitrogens with one attached hydrogen (secondary N) is 2. The van der Waals surface area contributed by atoms with Crippen LogP contribution in [0.1, 0.15) is 90.0 Å². The first kappa shape index (κ1) is 25.3. The lowest BCUT2D eigenvalue weighted by Gasteiger charge is -2.20. The highest BCUT2D eigenvalue weighted by molar-refractivity contribution is 5.99. The van der Waals surface area contributed by atoms with Crippen molar-refractivity contribution < 1.29 is 0 Å². The standard InChI is InChI=1S/C22H33N5.C3H4/c1-8-16(9-2)25-22-20(14(6)23)27-21(18(10-3)26-22)17-11-12-19(13(4)5)24-15(17)7;1-3-2/h11-13,16,23H,8-10H2,1-7H3,(H,25,26);1H,2H3. The molecule has 30 heavy (non-hydrogen) atoms. The minimum Gasteiger partial charge on any atom is -0.366 e. The lowest BCUT2D eigenvalue weighted by molar-refractivity contribution is 0.667. The summed E-state index contributed by atoms with van der Waals surface area (Å²) in [7, 11) is 0. The minimum absolute atomic E-state index is 0.335. The molecule has 0 unspecified atom stereocenters. The number of terminal acetylenes is 1. The monoisotopic (exact) mass is 407 g/mol. The summed E-state index contributed by atoms with van der Waals surface area (Å²) in [6.45, 7) is 16.1. The minimum atomic E-state index is 0.335. The van der Waals surface area contributed by atoms with Crippen LogP contribution in [0.2, 0.25) is 0 Å². The van der Waals surface area contributed by atoms with Crippen LogP contribution >= 0.6 is 0 Å². The highest BCUT2D eigenvalue weighted by atomic mass is 15.1. The van der Waals surface area contributed by atoms with Gasteiger partial charge in [-0.2, -0.15) is 0 Å². The zero-order valence-electron chi connectivity index (χ0n) is 19.8. The van der Waals surface area contributed by atoms with Gasteiger partial charge in [0, 0.05) is 23.0 Å². The van der Waals surface area contributed by atoms with Gasteiger partial charge in [0.05, 0.1) is 17.1 Å². The van der Waals surface area contributed by atoms with Crippen molar-refractivity contribution in [2.75, 3.05) is 5.32 Å². The fraction of sp³-hybridized carbons (Fsp3) is 0.520. The van der Waals surface area contributed by atoms with Gasteiger partial charge in [0.1, 0.15) is 5.69 Å². The molecule has 0 saturated carbocycles. The first-order valence-electron chi connectivity index (χ1n) is 10.8. The third kappa shape index (κ3) is 6.38. The molecule has 2 N–H and O–H groups in total. The quantitative estimate of drug-likeness (QED) is 0.406. The summed E-state index contributed by atoms with van der Waals surface area (Å²) >= 11 is 0. The number of nitrogens with zero attached hydrogens (tertiary/aromatic N) is 3. The van der Waals surface area contributed by atoms with Crippen molar-refractivity contribution in [2.24, 2.45) is 0 Å². The molecule has 0 fully saturated rings. The van der Waals surface area contributed by atoms with Gasteiger partial charge >= 0.3 is 0 Å². The third-order valence-corrected chi connectivity index (χ3v) is 4.94. The Balaban J connectivity index is 0.00000141. The lowest BCUT2D eigenvalue weighted by atomic mass is 10.0. The Morgan fingerprint density at radius 3 is 2.17 bits per heavy atom. The molecular weight excluding hydrogens is 370 g/mol. The van der Waals surface area contributed by atoms with Crippen molar-refractivity contribution in [3.8, 4) is 23.6 Å². The normalized spacial score (nSPS) is 10.4. The predicted molar refractivity (Wildman–Crippen MR) is 128 cm³/mol. The van der Waals surface area contributed by atoms with E-state index in [0.29, 0.717) is 23.4 Å². The predicted octanol–water partition coefficient (Wildman–Crippen LogP) is 6.16. The summed E-state index contributed by atoms with van der Waals surface area (Å²) in [6, 6.07) is 4.50. The Kier molecular flexibility index (Phi) is 10.2. The molecule has 0 spiro atoms. The zero-order valence-corrected chi connectivity index (χ0v) is 19.8. The highest BCUT2D eigenvalue weighted by Crippen LogP contribution is 2.28. The van der Waals surface area contributed by atoms with Crippen molar-refractivity contribution in [1.29, 1.82) is 5.41 Å². The van der Waals surface area contributed by atoms with Crippen LogP contribution in [0, 0.1) is 24.7 Å². The molecule has 0 aromatic carbocycles. The van der Waals surface area contributed by atoms with Crippen LogP contribution in [0.15, 0.2) is 12.1 Å². The summed E-state index contributed by atoms with van der Waals surface area (Å²) in [4.78, 5) is 14.5. The van der Waals surface area contributed by atoms with Gasteiger partial charge in [-0.1, -0.05) is 34.6 Å². The maximum atomic E-state index is 8.21. The molecule has 2 rings (SSSR count). The van der Waals surface area contributed by atoms with Crippen LogP contribution in [0.5, 0.6) is 0 Å². The van der Waals surface area contributed by atoms with E-state index in [2.05, 4.69) is 64.4 Å². The molecule has 5 nitrogen and oxygen atoms in total. The topological polar surface area (TPSA) is 74.6 Å². The average molecular weight is 408 g/mol. The number of hydrogen-bond donors (Lipinski definition) is 2. The Labute approximate surface area is 182 Å². The molecule has 0 radical (unpaired) electrons. The highest BCUT2D eigenvalue weighted by Gasteiger charge is 2.19. The number of anilines is 1. The molecule has 2 heterocycles. The van der Waals surface area contributed by atoms with Crippen LogP contribution in [-0.2, 0) is 6.42 Å². The van der Waals surface area contributed by atoms with E-state index in [1.54, 1.807) is 13.8 Å². The van der Waals surface area contributed by atoms with E-state index in [-0.39, 0.29) is 0 Å². The summed E-state index contributed by atoms with van der Waals surface area (Å²) in [5, 5.41) is 11.7. The van der Waals surface area contributed by atoms with Gasteiger partial charge < -0.3 is 10.7 Å².